The molecular formula is C6H12N3Na2O5S2-. The van der Waals surface area contributed by atoms with Crippen molar-refractivity contribution in [2.75, 3.05) is 19.0 Å². The fourth-order valence-corrected chi connectivity index (χ4v) is 2.65. The van der Waals surface area contributed by atoms with E-state index in [4.69, 9.17) is 12.6 Å². The van der Waals surface area contributed by atoms with Gasteiger partial charge in [-0.2, -0.15) is 0 Å². The molecule has 1 saturated heterocycles. The van der Waals surface area contributed by atoms with E-state index < -0.39 is 21.5 Å². The minimum absolute atomic E-state index is 0. The number of hydrogen-bond acceptors (Lipinski definition) is 9. The first-order valence-corrected chi connectivity index (χ1v) is 6.53. The van der Waals surface area contributed by atoms with Crippen LogP contribution in [0.3, 0.4) is 0 Å². The molecule has 1 aliphatic rings. The molecule has 0 bridgehead atoms. The van der Waals surface area contributed by atoms with E-state index in [9.17, 15) is 18.2 Å². The molecule has 2 unspecified atom stereocenters. The summed E-state index contributed by atoms with van der Waals surface area (Å²) in [6.45, 7) is 1.87. The predicted octanol–water partition coefficient (Wildman–Crippen LogP) is -8.91. The molecular weight excluding hydrogens is 304 g/mol. The minimum Gasteiger partial charge on any atom is -0.757 e. The van der Waals surface area contributed by atoms with E-state index in [1.807, 2.05) is 0 Å². The van der Waals surface area contributed by atoms with E-state index in [2.05, 4.69) is 10.3 Å². The molecule has 0 aliphatic carbocycles. The van der Waals surface area contributed by atoms with Gasteiger partial charge in [0.25, 0.3) is 0 Å². The summed E-state index contributed by atoms with van der Waals surface area (Å²) < 4.78 is 31.9. The van der Waals surface area contributed by atoms with Crippen molar-refractivity contribution < 1.29 is 82.2 Å². The zero-order valence-corrected chi connectivity index (χ0v) is 16.2. The first-order chi connectivity index (χ1) is 7.35. The van der Waals surface area contributed by atoms with Gasteiger partial charge in [-0.1, -0.05) is 0 Å². The summed E-state index contributed by atoms with van der Waals surface area (Å²) in [5.41, 5.74) is 2.07. The summed E-state index contributed by atoms with van der Waals surface area (Å²) in [5.74, 6) is -0.663. The van der Waals surface area contributed by atoms with Gasteiger partial charge < -0.3 is 27.3 Å². The van der Waals surface area contributed by atoms with Crippen LogP contribution in [0.2, 0.25) is 0 Å². The summed E-state index contributed by atoms with van der Waals surface area (Å²) in [6.07, 6.45) is -0.388. The van der Waals surface area contributed by atoms with Crippen molar-refractivity contribution in [2.45, 2.75) is 18.6 Å². The summed E-state index contributed by atoms with van der Waals surface area (Å²) in [4.78, 5) is 4.97. The third-order valence-corrected chi connectivity index (χ3v) is 3.22. The van der Waals surface area contributed by atoms with E-state index in [1.165, 1.54) is 4.90 Å². The molecule has 2 atom stereocenters. The second kappa shape index (κ2) is 9.90. The Morgan fingerprint density at radius 3 is 2.44 bits per heavy atom. The monoisotopic (exact) mass is 316 g/mol. The van der Waals surface area contributed by atoms with Crippen LogP contribution in [0.15, 0.2) is 0 Å². The molecule has 0 aromatic carbocycles. The molecule has 1 rings (SSSR count). The summed E-state index contributed by atoms with van der Waals surface area (Å²) in [6, 6.07) is 0. The van der Waals surface area contributed by atoms with Gasteiger partial charge in [0.1, 0.15) is 10.1 Å². The van der Waals surface area contributed by atoms with Gasteiger partial charge >= 0.3 is 59.1 Å². The number of rotatable bonds is 5. The average Bonchev–Trinajstić information content (AvgIpc) is 2.40. The first-order valence-electron chi connectivity index (χ1n) is 4.48. The number of nitrogens with one attached hydrogen (secondary N) is 1. The molecule has 8 nitrogen and oxygen atoms in total. The quantitative estimate of drug-likeness (QED) is 0.174. The average molecular weight is 316 g/mol. The second-order valence-corrected chi connectivity index (χ2v) is 5.15. The standard InChI is InChI=1S/C6H15N3O5S2.2Na/c1-5-8(4-16(11,12)13)6(15)7-9(5)2-3-14-10;;/h5-7,10,15H,2-4H2,1H3,(H,11,12,13);;/q;2*+1/p-3. The van der Waals surface area contributed by atoms with Crippen LogP contribution in [0.25, 0.3) is 0 Å². The Hall–Kier alpha value is 2.06. The SMILES string of the molecule is CC1N(CCO[O-])NC([S-])N1CS(=O)(=O)[O-].[Na+].[Na+]. The van der Waals surface area contributed by atoms with Crippen LogP contribution in [0.1, 0.15) is 6.92 Å². The molecule has 18 heavy (non-hydrogen) atoms. The molecule has 1 N–H and O–H groups in total. The normalized spacial score (nSPS) is 25.6. The Balaban J connectivity index is 0. The van der Waals surface area contributed by atoms with Crippen molar-refractivity contribution in [3.8, 4) is 0 Å². The topological polar surface area (TPSA) is 108 Å². The van der Waals surface area contributed by atoms with Crippen LogP contribution in [0.5, 0.6) is 0 Å². The third-order valence-electron chi connectivity index (χ3n) is 2.23. The van der Waals surface area contributed by atoms with E-state index >= 15 is 0 Å². The van der Waals surface area contributed by atoms with Gasteiger partial charge in [-0.3, -0.25) is 10.3 Å². The van der Waals surface area contributed by atoms with Crippen molar-refractivity contribution in [1.29, 1.82) is 0 Å². The molecule has 0 aromatic rings. The van der Waals surface area contributed by atoms with Crippen LogP contribution >= 0.6 is 0 Å². The largest absolute Gasteiger partial charge is 1.00 e. The van der Waals surface area contributed by atoms with Crippen molar-refractivity contribution >= 4 is 22.7 Å². The van der Waals surface area contributed by atoms with Crippen LogP contribution in [-0.2, 0) is 27.6 Å². The van der Waals surface area contributed by atoms with Gasteiger partial charge in [-0.05, 0) is 12.4 Å². The second-order valence-electron chi connectivity index (χ2n) is 3.33. The molecule has 0 radical (unpaired) electrons. The third kappa shape index (κ3) is 7.18. The van der Waals surface area contributed by atoms with E-state index in [1.54, 1.807) is 11.9 Å². The predicted molar refractivity (Wildman–Crippen MR) is 52.8 cm³/mol. The smallest absolute Gasteiger partial charge is 0.757 e. The summed E-state index contributed by atoms with van der Waals surface area (Å²) >= 11 is 4.95. The fraction of sp³-hybridized carbons (Fsp3) is 1.00. The van der Waals surface area contributed by atoms with Crippen molar-refractivity contribution in [3.63, 3.8) is 0 Å². The minimum atomic E-state index is -4.37. The molecule has 0 spiro atoms. The van der Waals surface area contributed by atoms with E-state index in [0.717, 1.165) is 0 Å². The van der Waals surface area contributed by atoms with Crippen molar-refractivity contribution in [3.05, 3.63) is 0 Å². The molecule has 12 heteroatoms. The van der Waals surface area contributed by atoms with E-state index in [0.29, 0.717) is 0 Å². The first kappa shape index (κ1) is 22.3. The molecule has 1 heterocycles. The number of nitrogens with zero attached hydrogens (tertiary/aromatic N) is 2. The van der Waals surface area contributed by atoms with Crippen LogP contribution in [0.4, 0.5) is 0 Å². The Bertz CT molecular complexity index is 333. The zero-order chi connectivity index (χ0) is 12.3. The fourth-order valence-electron chi connectivity index (χ4n) is 1.44. The molecule has 1 fully saturated rings. The Kier molecular flexibility index (Phi) is 12.3. The van der Waals surface area contributed by atoms with E-state index in [-0.39, 0.29) is 78.4 Å². The summed E-state index contributed by atoms with van der Waals surface area (Å²) in [5, 5.41) is 11.4. The van der Waals surface area contributed by atoms with Gasteiger partial charge in [0.05, 0.1) is 12.0 Å². The Morgan fingerprint density at radius 2 is 2.00 bits per heavy atom. The molecule has 0 aromatic heterocycles. The zero-order valence-electron chi connectivity index (χ0n) is 10.5. The number of hydrogen-bond donors (Lipinski definition) is 1. The van der Waals surface area contributed by atoms with Gasteiger partial charge in [0, 0.05) is 13.2 Å². The van der Waals surface area contributed by atoms with Gasteiger partial charge in [0.15, 0.2) is 0 Å². The number of hydrazine groups is 1. The Labute approximate surface area is 156 Å². The van der Waals surface area contributed by atoms with Crippen LogP contribution in [0, 0.1) is 0 Å². The van der Waals surface area contributed by atoms with Gasteiger partial charge in [-0.15, -0.1) is 0 Å². The maximum Gasteiger partial charge on any atom is 1.00 e. The molecule has 1 aliphatic heterocycles. The van der Waals surface area contributed by atoms with Crippen LogP contribution in [-0.4, -0.2) is 53.6 Å². The summed E-state index contributed by atoms with van der Waals surface area (Å²) in [7, 11) is -4.37. The van der Waals surface area contributed by atoms with Gasteiger partial charge in [0.2, 0.25) is 0 Å². The molecule has 96 valence electrons. The van der Waals surface area contributed by atoms with Crippen molar-refractivity contribution in [1.82, 2.24) is 15.3 Å². The maximum atomic E-state index is 10.6. The van der Waals surface area contributed by atoms with Crippen molar-refractivity contribution in [2.24, 2.45) is 0 Å². The van der Waals surface area contributed by atoms with Crippen LogP contribution < -0.4 is 69.8 Å². The maximum absolute atomic E-state index is 10.6. The Morgan fingerprint density at radius 1 is 1.44 bits per heavy atom. The molecule has 0 saturated carbocycles. The van der Waals surface area contributed by atoms with Gasteiger partial charge in [-0.25, -0.2) is 13.4 Å². The molecule has 0 amide bonds.